The van der Waals surface area contributed by atoms with Crippen LogP contribution in [0.15, 0.2) is 30.3 Å². The molecule has 0 spiro atoms. The molecule has 1 amide bonds. The van der Waals surface area contributed by atoms with E-state index in [0.717, 1.165) is 23.1 Å². The Morgan fingerprint density at radius 3 is 2.30 bits per heavy atom. The van der Waals surface area contributed by atoms with Gasteiger partial charge in [-0.2, -0.15) is 0 Å². The molecule has 0 bridgehead atoms. The number of carboxylic acids is 1. The summed E-state index contributed by atoms with van der Waals surface area (Å²) in [6.07, 6.45) is 0.656. The Bertz CT molecular complexity index is 978. The molecular weight excluding hydrogens is 422 g/mol. The van der Waals surface area contributed by atoms with E-state index in [1.54, 1.807) is 24.3 Å². The summed E-state index contributed by atoms with van der Waals surface area (Å²) >= 11 is 0. The first kappa shape index (κ1) is 26.2. The number of ether oxygens (including phenoxy) is 2. The second-order valence-electron chi connectivity index (χ2n) is 9.20. The van der Waals surface area contributed by atoms with Crippen molar-refractivity contribution in [1.29, 1.82) is 0 Å². The van der Waals surface area contributed by atoms with Crippen molar-refractivity contribution in [2.24, 2.45) is 5.73 Å². The summed E-state index contributed by atoms with van der Waals surface area (Å²) in [5, 5.41) is 8.63. The smallest absolute Gasteiger partial charge is 0.335 e. The maximum absolute atomic E-state index is 12.3. The molecule has 8 nitrogen and oxygen atoms in total. The number of aryl methyl sites for hydroxylation is 2. The standard InChI is InChI=1S/C16H25N3O3.C9H10O2/c1-10-12(15(20)18-19-16(2,3)4)5-6-13-14(10)22-11(7-8-17)9-21-13;1-6-3-7(2)5-8(4-6)9(10)11/h5-6,11,19H,7-9,17H2,1-4H3,(H,18,20);3-5H,1-2H3,(H,10,11). The minimum Gasteiger partial charge on any atom is -0.486 e. The second kappa shape index (κ2) is 11.2. The Hall–Kier alpha value is -3.10. The summed E-state index contributed by atoms with van der Waals surface area (Å²) in [5.74, 6) is 0.246. The Balaban J connectivity index is 0.000000294. The molecule has 1 aliphatic heterocycles. The average molecular weight is 458 g/mol. The highest BCUT2D eigenvalue weighted by Crippen LogP contribution is 2.37. The number of fused-ring (bicyclic) bond motifs is 1. The third-order valence-corrected chi connectivity index (χ3v) is 4.83. The molecule has 33 heavy (non-hydrogen) atoms. The molecule has 0 aliphatic carbocycles. The van der Waals surface area contributed by atoms with Crippen molar-refractivity contribution < 1.29 is 24.2 Å². The van der Waals surface area contributed by atoms with Gasteiger partial charge in [-0.1, -0.05) is 17.2 Å². The number of aromatic carboxylic acids is 1. The fourth-order valence-corrected chi connectivity index (χ4v) is 3.29. The van der Waals surface area contributed by atoms with Gasteiger partial charge in [0, 0.05) is 16.7 Å². The molecule has 5 N–H and O–H groups in total. The van der Waals surface area contributed by atoms with Crippen LogP contribution in [-0.2, 0) is 0 Å². The minimum atomic E-state index is -0.864. The first-order valence-electron chi connectivity index (χ1n) is 10.9. The van der Waals surface area contributed by atoms with Crippen molar-refractivity contribution in [3.05, 3.63) is 58.1 Å². The van der Waals surface area contributed by atoms with Crippen LogP contribution in [0.25, 0.3) is 0 Å². The van der Waals surface area contributed by atoms with Gasteiger partial charge in [0.1, 0.15) is 12.7 Å². The summed E-state index contributed by atoms with van der Waals surface area (Å²) in [4.78, 5) is 22.8. The predicted molar refractivity (Wildman–Crippen MR) is 128 cm³/mol. The van der Waals surface area contributed by atoms with Crippen LogP contribution in [0.3, 0.4) is 0 Å². The number of carbonyl (C=O) groups excluding carboxylic acids is 1. The molecule has 2 aromatic carbocycles. The van der Waals surface area contributed by atoms with Gasteiger partial charge in [0.25, 0.3) is 5.91 Å². The summed E-state index contributed by atoms with van der Waals surface area (Å²) < 4.78 is 11.6. The number of benzene rings is 2. The van der Waals surface area contributed by atoms with Crippen molar-refractivity contribution in [3.8, 4) is 11.5 Å². The molecule has 1 heterocycles. The third kappa shape index (κ3) is 7.76. The van der Waals surface area contributed by atoms with E-state index < -0.39 is 5.97 Å². The van der Waals surface area contributed by atoms with Gasteiger partial charge in [-0.25, -0.2) is 10.2 Å². The van der Waals surface area contributed by atoms with E-state index in [1.165, 1.54) is 0 Å². The quantitative estimate of drug-likeness (QED) is 0.507. The molecule has 1 atom stereocenters. The van der Waals surface area contributed by atoms with Crippen LogP contribution in [-0.4, -0.2) is 41.8 Å². The number of carbonyl (C=O) groups is 2. The number of hydrazine groups is 1. The number of amides is 1. The van der Waals surface area contributed by atoms with Crippen LogP contribution in [0, 0.1) is 20.8 Å². The van der Waals surface area contributed by atoms with E-state index >= 15 is 0 Å². The van der Waals surface area contributed by atoms with Gasteiger partial charge in [0.15, 0.2) is 11.5 Å². The number of nitrogens with two attached hydrogens (primary N) is 1. The van der Waals surface area contributed by atoms with Gasteiger partial charge < -0.3 is 20.3 Å². The average Bonchev–Trinajstić information content (AvgIpc) is 2.72. The molecule has 0 aromatic heterocycles. The molecule has 8 heteroatoms. The normalized spacial score (nSPS) is 14.7. The molecule has 0 saturated heterocycles. The van der Waals surface area contributed by atoms with Gasteiger partial charge in [-0.15, -0.1) is 0 Å². The fourth-order valence-electron chi connectivity index (χ4n) is 3.29. The van der Waals surface area contributed by atoms with Crippen LogP contribution in [0.2, 0.25) is 0 Å². The van der Waals surface area contributed by atoms with Crippen molar-refractivity contribution in [2.75, 3.05) is 13.2 Å². The molecule has 2 aromatic rings. The topological polar surface area (TPSA) is 123 Å². The van der Waals surface area contributed by atoms with E-state index in [4.69, 9.17) is 20.3 Å². The number of hydrogen-bond acceptors (Lipinski definition) is 6. The van der Waals surface area contributed by atoms with Crippen LogP contribution in [0.5, 0.6) is 11.5 Å². The Morgan fingerprint density at radius 2 is 1.76 bits per heavy atom. The van der Waals surface area contributed by atoms with E-state index in [-0.39, 0.29) is 17.6 Å². The highest BCUT2D eigenvalue weighted by Gasteiger charge is 2.25. The fraction of sp³-hybridized carbons (Fsp3) is 0.440. The first-order chi connectivity index (χ1) is 15.4. The second-order valence-corrected chi connectivity index (χ2v) is 9.20. The number of nitrogens with one attached hydrogen (secondary N) is 2. The van der Waals surface area contributed by atoms with Crippen molar-refractivity contribution in [2.45, 2.75) is 59.6 Å². The number of rotatable bonds is 5. The summed E-state index contributed by atoms with van der Waals surface area (Å²) in [6, 6.07) is 8.80. The lowest BCUT2D eigenvalue weighted by Crippen LogP contribution is -2.48. The molecular formula is C25H35N3O5. The molecule has 1 aliphatic rings. The number of hydrogen-bond donors (Lipinski definition) is 4. The van der Waals surface area contributed by atoms with Gasteiger partial charge in [-0.05, 0) is 78.8 Å². The van der Waals surface area contributed by atoms with E-state index in [1.807, 2.05) is 47.6 Å². The third-order valence-electron chi connectivity index (χ3n) is 4.83. The largest absolute Gasteiger partial charge is 0.486 e. The van der Waals surface area contributed by atoms with Crippen LogP contribution < -0.4 is 26.1 Å². The lowest BCUT2D eigenvalue weighted by Gasteiger charge is -2.28. The Morgan fingerprint density at radius 1 is 1.12 bits per heavy atom. The highest BCUT2D eigenvalue weighted by molar-refractivity contribution is 5.96. The maximum atomic E-state index is 12.3. The maximum Gasteiger partial charge on any atom is 0.335 e. The lowest BCUT2D eigenvalue weighted by molar-refractivity contribution is 0.0696. The van der Waals surface area contributed by atoms with Gasteiger partial charge in [-0.3, -0.25) is 10.2 Å². The Labute approximate surface area is 195 Å². The molecule has 3 rings (SSSR count). The molecule has 0 saturated carbocycles. The van der Waals surface area contributed by atoms with Crippen molar-refractivity contribution >= 4 is 11.9 Å². The zero-order chi connectivity index (χ0) is 24.8. The molecule has 1 unspecified atom stereocenters. The van der Waals surface area contributed by atoms with Crippen LogP contribution >= 0.6 is 0 Å². The van der Waals surface area contributed by atoms with Crippen LogP contribution in [0.1, 0.15) is 64.6 Å². The predicted octanol–water partition coefficient (Wildman–Crippen LogP) is 3.52. The van der Waals surface area contributed by atoms with Crippen LogP contribution in [0.4, 0.5) is 0 Å². The number of carboxylic acid groups (broad SMARTS) is 1. The summed E-state index contributed by atoms with van der Waals surface area (Å²) in [7, 11) is 0. The van der Waals surface area contributed by atoms with Gasteiger partial charge in [0.2, 0.25) is 0 Å². The molecule has 0 fully saturated rings. The molecule has 0 radical (unpaired) electrons. The van der Waals surface area contributed by atoms with E-state index in [9.17, 15) is 9.59 Å². The Kier molecular flexibility index (Phi) is 8.84. The first-order valence-corrected chi connectivity index (χ1v) is 10.9. The van der Waals surface area contributed by atoms with Gasteiger partial charge >= 0.3 is 5.97 Å². The lowest BCUT2D eigenvalue weighted by atomic mass is 10.1. The van der Waals surface area contributed by atoms with E-state index in [2.05, 4.69) is 10.9 Å². The van der Waals surface area contributed by atoms with E-state index in [0.29, 0.717) is 35.8 Å². The summed E-state index contributed by atoms with van der Waals surface area (Å²) in [6.45, 7) is 12.6. The minimum absolute atomic E-state index is 0.0674. The van der Waals surface area contributed by atoms with Crippen molar-refractivity contribution in [1.82, 2.24) is 10.9 Å². The SMILES string of the molecule is Cc1c(C(=O)NNC(C)(C)C)ccc2c1OC(CCN)CO2.Cc1cc(C)cc(C(=O)O)c1. The monoisotopic (exact) mass is 457 g/mol. The molecule has 180 valence electrons. The zero-order valence-corrected chi connectivity index (χ0v) is 20.2. The highest BCUT2D eigenvalue weighted by atomic mass is 16.6. The summed E-state index contributed by atoms with van der Waals surface area (Å²) in [5.41, 5.74) is 14.7. The van der Waals surface area contributed by atoms with Gasteiger partial charge in [0.05, 0.1) is 5.56 Å². The zero-order valence-electron chi connectivity index (χ0n) is 20.2. The van der Waals surface area contributed by atoms with Crippen molar-refractivity contribution in [3.63, 3.8) is 0 Å².